The Bertz CT molecular complexity index is 386. The molecule has 1 aliphatic heterocycles. The maximum absolute atomic E-state index is 11.8. The van der Waals surface area contributed by atoms with Crippen molar-refractivity contribution < 1.29 is 9.53 Å². The summed E-state index contributed by atoms with van der Waals surface area (Å²) in [6.45, 7) is 4.84. The fourth-order valence-corrected chi connectivity index (χ4v) is 1.41. The van der Waals surface area contributed by atoms with Gasteiger partial charge in [0.15, 0.2) is 0 Å². The van der Waals surface area contributed by atoms with Gasteiger partial charge in [-0.15, -0.1) is 0 Å². The fraction of sp³-hybridized carbons (Fsp3) is 0.455. The van der Waals surface area contributed by atoms with Crippen LogP contribution in [0.15, 0.2) is 18.3 Å². The second-order valence-electron chi connectivity index (χ2n) is 4.23. The van der Waals surface area contributed by atoms with Crippen LogP contribution in [0.3, 0.4) is 0 Å². The minimum atomic E-state index is -0.384. The largest absolute Gasteiger partial charge is 0.379 e. The molecule has 1 fully saturated rings. The maximum Gasteiger partial charge on any atom is 0.236 e. The number of anilines is 1. The van der Waals surface area contributed by atoms with Crippen molar-refractivity contribution in [3.05, 3.63) is 23.9 Å². The number of nitrogens with one attached hydrogen (secondary N) is 1. The van der Waals surface area contributed by atoms with Crippen LogP contribution in [-0.4, -0.2) is 24.1 Å². The molecule has 4 heteroatoms. The minimum absolute atomic E-state index is 0.0214. The Hall–Kier alpha value is -1.42. The van der Waals surface area contributed by atoms with Crippen LogP contribution in [0.5, 0.6) is 0 Å². The number of carbonyl (C=O) groups excluding carboxylic acids is 1. The van der Waals surface area contributed by atoms with Crippen LogP contribution in [0.2, 0.25) is 0 Å². The molecule has 1 aromatic rings. The van der Waals surface area contributed by atoms with Gasteiger partial charge in [0.25, 0.3) is 0 Å². The second-order valence-corrected chi connectivity index (χ2v) is 4.23. The molecule has 0 saturated carbocycles. The molecule has 0 unspecified atom stereocenters. The highest BCUT2D eigenvalue weighted by atomic mass is 16.5. The van der Waals surface area contributed by atoms with Crippen molar-refractivity contribution in [1.29, 1.82) is 0 Å². The fourth-order valence-electron chi connectivity index (χ4n) is 1.41. The molecule has 80 valence electrons. The highest BCUT2D eigenvalue weighted by molar-refractivity contribution is 5.95. The van der Waals surface area contributed by atoms with E-state index in [4.69, 9.17) is 4.74 Å². The van der Waals surface area contributed by atoms with E-state index in [-0.39, 0.29) is 11.3 Å². The van der Waals surface area contributed by atoms with Crippen molar-refractivity contribution in [2.75, 3.05) is 18.5 Å². The maximum atomic E-state index is 11.8. The predicted octanol–water partition coefficient (Wildman–Crippen LogP) is 1.37. The highest BCUT2D eigenvalue weighted by Gasteiger charge is 2.41. The molecule has 15 heavy (non-hydrogen) atoms. The third kappa shape index (κ3) is 1.99. The quantitative estimate of drug-likeness (QED) is 0.795. The van der Waals surface area contributed by atoms with Crippen molar-refractivity contribution in [1.82, 2.24) is 4.98 Å². The third-order valence-corrected chi connectivity index (χ3v) is 2.55. The number of rotatable bonds is 2. The lowest BCUT2D eigenvalue weighted by Gasteiger charge is -2.36. The summed E-state index contributed by atoms with van der Waals surface area (Å²) in [6.07, 6.45) is 1.69. The second kappa shape index (κ2) is 3.62. The molecule has 0 radical (unpaired) electrons. The molecule has 1 amide bonds. The van der Waals surface area contributed by atoms with E-state index >= 15 is 0 Å². The van der Waals surface area contributed by atoms with Crippen LogP contribution in [-0.2, 0) is 9.53 Å². The lowest BCUT2D eigenvalue weighted by Crippen LogP contribution is -2.49. The molecular weight excluding hydrogens is 192 g/mol. The van der Waals surface area contributed by atoms with Crippen molar-refractivity contribution in [3.8, 4) is 0 Å². The van der Waals surface area contributed by atoms with Crippen LogP contribution in [0.25, 0.3) is 0 Å². The Balaban J connectivity index is 2.06. The van der Waals surface area contributed by atoms with Crippen LogP contribution in [0, 0.1) is 12.3 Å². The SMILES string of the molecule is Cc1ccnc(NC(=O)C2(C)COC2)c1. The van der Waals surface area contributed by atoms with E-state index in [1.54, 1.807) is 6.20 Å². The van der Waals surface area contributed by atoms with Gasteiger partial charge in [-0.3, -0.25) is 4.79 Å². The summed E-state index contributed by atoms with van der Waals surface area (Å²) < 4.78 is 5.04. The molecule has 2 heterocycles. The Morgan fingerprint density at radius 1 is 1.60 bits per heavy atom. The summed E-state index contributed by atoms with van der Waals surface area (Å²) in [5.41, 5.74) is 0.695. The topological polar surface area (TPSA) is 51.2 Å². The van der Waals surface area contributed by atoms with E-state index < -0.39 is 0 Å². The molecule has 0 atom stereocenters. The van der Waals surface area contributed by atoms with Crippen molar-refractivity contribution in [2.45, 2.75) is 13.8 Å². The Kier molecular flexibility index (Phi) is 2.44. The first kappa shape index (κ1) is 10.1. The van der Waals surface area contributed by atoms with E-state index in [0.29, 0.717) is 19.0 Å². The van der Waals surface area contributed by atoms with Gasteiger partial charge in [0, 0.05) is 6.20 Å². The zero-order valence-corrected chi connectivity index (χ0v) is 8.91. The Morgan fingerprint density at radius 3 is 2.87 bits per heavy atom. The van der Waals surface area contributed by atoms with E-state index in [1.807, 2.05) is 26.0 Å². The molecular formula is C11H14N2O2. The van der Waals surface area contributed by atoms with Gasteiger partial charge in [0.05, 0.1) is 18.6 Å². The normalized spacial score (nSPS) is 18.0. The summed E-state index contributed by atoms with van der Waals surface area (Å²) in [7, 11) is 0. The number of hydrogen-bond donors (Lipinski definition) is 1. The number of nitrogens with zero attached hydrogens (tertiary/aromatic N) is 1. The summed E-state index contributed by atoms with van der Waals surface area (Å²) in [5.74, 6) is 0.583. The Labute approximate surface area is 88.7 Å². The van der Waals surface area contributed by atoms with E-state index in [9.17, 15) is 4.79 Å². The Morgan fingerprint density at radius 2 is 2.33 bits per heavy atom. The number of pyridine rings is 1. The van der Waals surface area contributed by atoms with Crippen LogP contribution in [0.1, 0.15) is 12.5 Å². The number of carbonyl (C=O) groups is 1. The zero-order chi connectivity index (χ0) is 10.9. The molecule has 4 nitrogen and oxygen atoms in total. The first-order valence-corrected chi connectivity index (χ1v) is 4.92. The standard InChI is InChI=1S/C11H14N2O2/c1-8-3-4-12-9(5-8)13-10(14)11(2)6-15-7-11/h3-5H,6-7H2,1-2H3,(H,12,13,14). The first-order chi connectivity index (χ1) is 7.10. The first-order valence-electron chi connectivity index (χ1n) is 4.92. The summed E-state index contributed by atoms with van der Waals surface area (Å²) >= 11 is 0. The van der Waals surface area contributed by atoms with Crippen LogP contribution >= 0.6 is 0 Å². The van der Waals surface area contributed by atoms with Gasteiger partial charge in [0.2, 0.25) is 5.91 Å². The molecule has 1 aromatic heterocycles. The van der Waals surface area contributed by atoms with E-state index in [0.717, 1.165) is 5.56 Å². The lowest BCUT2D eigenvalue weighted by atomic mass is 9.87. The lowest BCUT2D eigenvalue weighted by molar-refractivity contribution is -0.151. The summed E-state index contributed by atoms with van der Waals surface area (Å²) in [5, 5.41) is 2.80. The molecule has 1 saturated heterocycles. The van der Waals surface area contributed by atoms with E-state index in [2.05, 4.69) is 10.3 Å². The number of ether oxygens (including phenoxy) is 1. The molecule has 0 spiro atoms. The van der Waals surface area contributed by atoms with Gasteiger partial charge in [0.1, 0.15) is 5.82 Å². The average Bonchev–Trinajstić information content (AvgIpc) is 2.14. The number of amides is 1. The van der Waals surface area contributed by atoms with Crippen LogP contribution in [0.4, 0.5) is 5.82 Å². The van der Waals surface area contributed by atoms with Gasteiger partial charge in [-0.1, -0.05) is 0 Å². The number of hydrogen-bond acceptors (Lipinski definition) is 3. The van der Waals surface area contributed by atoms with Gasteiger partial charge in [-0.25, -0.2) is 4.98 Å². The smallest absolute Gasteiger partial charge is 0.236 e. The predicted molar refractivity (Wildman–Crippen MR) is 56.5 cm³/mol. The van der Waals surface area contributed by atoms with E-state index in [1.165, 1.54) is 0 Å². The van der Waals surface area contributed by atoms with Crippen molar-refractivity contribution in [3.63, 3.8) is 0 Å². The summed E-state index contributed by atoms with van der Waals surface area (Å²) in [6, 6.07) is 3.74. The summed E-state index contributed by atoms with van der Waals surface area (Å²) in [4.78, 5) is 15.9. The monoisotopic (exact) mass is 206 g/mol. The average molecular weight is 206 g/mol. The third-order valence-electron chi connectivity index (χ3n) is 2.55. The van der Waals surface area contributed by atoms with Crippen LogP contribution < -0.4 is 5.32 Å². The van der Waals surface area contributed by atoms with Gasteiger partial charge < -0.3 is 10.1 Å². The molecule has 1 N–H and O–H groups in total. The number of aryl methyl sites for hydroxylation is 1. The minimum Gasteiger partial charge on any atom is -0.379 e. The van der Waals surface area contributed by atoms with Gasteiger partial charge >= 0.3 is 0 Å². The van der Waals surface area contributed by atoms with Gasteiger partial charge in [-0.2, -0.15) is 0 Å². The highest BCUT2D eigenvalue weighted by Crippen LogP contribution is 2.27. The van der Waals surface area contributed by atoms with Crippen molar-refractivity contribution >= 4 is 11.7 Å². The van der Waals surface area contributed by atoms with Crippen molar-refractivity contribution in [2.24, 2.45) is 5.41 Å². The zero-order valence-electron chi connectivity index (χ0n) is 8.91. The molecule has 1 aliphatic rings. The molecule has 0 aliphatic carbocycles. The molecule has 0 aromatic carbocycles. The number of aromatic nitrogens is 1. The molecule has 2 rings (SSSR count). The van der Waals surface area contributed by atoms with Gasteiger partial charge in [-0.05, 0) is 31.5 Å². The molecule has 0 bridgehead atoms.